The maximum atomic E-state index is 14.0. The molecule has 1 amide bonds. The molecule has 2 aromatic carbocycles. The molecule has 29 heavy (non-hydrogen) atoms. The summed E-state index contributed by atoms with van der Waals surface area (Å²) in [6.07, 6.45) is 1.33. The molecule has 0 aliphatic heterocycles. The lowest BCUT2D eigenvalue weighted by Gasteiger charge is -2.17. The van der Waals surface area contributed by atoms with E-state index in [1.807, 2.05) is 0 Å². The van der Waals surface area contributed by atoms with Crippen LogP contribution >= 0.6 is 11.6 Å². The summed E-state index contributed by atoms with van der Waals surface area (Å²) in [5.74, 6) is -0.987. The monoisotopic (exact) mass is 437 g/mol. The van der Waals surface area contributed by atoms with E-state index >= 15 is 0 Å². The molecule has 0 fully saturated rings. The van der Waals surface area contributed by atoms with Gasteiger partial charge < -0.3 is 14.5 Å². The lowest BCUT2D eigenvalue weighted by atomic mass is 10.2. The molecule has 6 nitrogen and oxygen atoms in total. The Morgan fingerprint density at radius 1 is 1.17 bits per heavy atom. The summed E-state index contributed by atoms with van der Waals surface area (Å²) in [4.78, 5) is 12.5. The Kier molecular flexibility index (Phi) is 6.24. The number of hydrogen-bond acceptors (Lipinski definition) is 5. The Labute approximate surface area is 172 Å². The van der Waals surface area contributed by atoms with Gasteiger partial charge in [-0.2, -0.15) is 0 Å². The highest BCUT2D eigenvalue weighted by Gasteiger charge is 2.32. The molecule has 0 saturated heterocycles. The summed E-state index contributed by atoms with van der Waals surface area (Å²) in [7, 11) is -2.47. The van der Waals surface area contributed by atoms with Crippen molar-refractivity contribution in [1.82, 2.24) is 5.32 Å². The molecule has 0 saturated carbocycles. The van der Waals surface area contributed by atoms with Crippen LogP contribution in [0.5, 0.6) is 5.75 Å². The van der Waals surface area contributed by atoms with Gasteiger partial charge in [0.2, 0.25) is 0 Å². The van der Waals surface area contributed by atoms with Crippen molar-refractivity contribution in [3.05, 3.63) is 83.0 Å². The highest BCUT2D eigenvalue weighted by atomic mass is 35.5. The number of halogens is 2. The van der Waals surface area contributed by atoms with Crippen LogP contribution in [0.2, 0.25) is 5.02 Å². The van der Waals surface area contributed by atoms with Gasteiger partial charge in [0.1, 0.15) is 22.6 Å². The lowest BCUT2D eigenvalue weighted by molar-refractivity contribution is 0.0949. The maximum Gasteiger partial charge on any atom is 0.255 e. The van der Waals surface area contributed by atoms with Crippen LogP contribution in [0.3, 0.4) is 0 Å². The van der Waals surface area contributed by atoms with E-state index in [4.69, 9.17) is 20.8 Å². The number of carbonyl (C=O) groups excluding carboxylic acids is 1. The highest BCUT2D eigenvalue weighted by Crippen LogP contribution is 2.30. The highest BCUT2D eigenvalue weighted by molar-refractivity contribution is 7.91. The van der Waals surface area contributed by atoms with E-state index in [-0.39, 0.29) is 27.8 Å². The van der Waals surface area contributed by atoms with Gasteiger partial charge in [-0.25, -0.2) is 12.8 Å². The first-order valence-corrected chi connectivity index (χ1v) is 10.4. The number of hydrogen-bond donors (Lipinski definition) is 1. The molecule has 1 aromatic heterocycles. The minimum atomic E-state index is -3.94. The van der Waals surface area contributed by atoms with Crippen molar-refractivity contribution in [2.45, 2.75) is 10.1 Å². The fourth-order valence-electron chi connectivity index (χ4n) is 2.76. The molecule has 1 unspecified atom stereocenters. The Morgan fingerprint density at radius 3 is 2.48 bits per heavy atom. The van der Waals surface area contributed by atoms with Crippen molar-refractivity contribution in [3.63, 3.8) is 0 Å². The standard InChI is InChI=1S/C20H17ClFNO5S/c1-27-13-7-9-14(10-8-13)29(25,26)18(17-6-3-11-28-17)12-23-20(24)19-15(21)4-2-5-16(19)22/h2-11,18H,12H2,1H3,(H,23,24). The second-order valence-corrected chi connectivity index (χ2v) is 8.57. The smallest absolute Gasteiger partial charge is 0.255 e. The largest absolute Gasteiger partial charge is 0.497 e. The first-order chi connectivity index (χ1) is 13.8. The molecule has 0 aliphatic carbocycles. The Hall–Kier alpha value is -2.84. The molecule has 1 N–H and O–H groups in total. The Balaban J connectivity index is 1.89. The second-order valence-electron chi connectivity index (χ2n) is 6.03. The van der Waals surface area contributed by atoms with Crippen LogP contribution in [-0.2, 0) is 9.84 Å². The molecule has 9 heteroatoms. The van der Waals surface area contributed by atoms with E-state index in [0.717, 1.165) is 6.07 Å². The average molecular weight is 438 g/mol. The van der Waals surface area contributed by atoms with Gasteiger partial charge in [-0.1, -0.05) is 17.7 Å². The van der Waals surface area contributed by atoms with Crippen LogP contribution in [0, 0.1) is 5.82 Å². The number of rotatable bonds is 7. The van der Waals surface area contributed by atoms with E-state index in [2.05, 4.69) is 5.32 Å². The molecular formula is C20H17ClFNO5S. The van der Waals surface area contributed by atoms with Crippen molar-refractivity contribution in [3.8, 4) is 5.75 Å². The van der Waals surface area contributed by atoms with Crippen LogP contribution < -0.4 is 10.1 Å². The van der Waals surface area contributed by atoms with Gasteiger partial charge in [0.15, 0.2) is 9.84 Å². The van der Waals surface area contributed by atoms with E-state index in [0.29, 0.717) is 5.75 Å². The molecule has 1 atom stereocenters. The van der Waals surface area contributed by atoms with Gasteiger partial charge in [0.05, 0.1) is 28.9 Å². The van der Waals surface area contributed by atoms with E-state index in [1.54, 1.807) is 6.07 Å². The fraction of sp³-hybridized carbons (Fsp3) is 0.150. The quantitative estimate of drug-likeness (QED) is 0.603. The van der Waals surface area contributed by atoms with Crippen LogP contribution in [0.4, 0.5) is 4.39 Å². The van der Waals surface area contributed by atoms with Gasteiger partial charge >= 0.3 is 0 Å². The molecule has 3 aromatic rings. The molecule has 0 spiro atoms. The third-order valence-corrected chi connectivity index (χ3v) is 6.65. The number of amides is 1. The summed E-state index contributed by atoms with van der Waals surface area (Å²) >= 11 is 5.90. The summed E-state index contributed by atoms with van der Waals surface area (Å²) in [6.45, 7) is -0.342. The van der Waals surface area contributed by atoms with Crippen molar-refractivity contribution in [1.29, 1.82) is 0 Å². The van der Waals surface area contributed by atoms with Gasteiger partial charge in [-0.15, -0.1) is 0 Å². The minimum absolute atomic E-state index is 0.0258. The van der Waals surface area contributed by atoms with Crippen molar-refractivity contribution < 1.29 is 26.8 Å². The van der Waals surface area contributed by atoms with Crippen molar-refractivity contribution >= 4 is 27.3 Å². The van der Waals surface area contributed by atoms with Crippen molar-refractivity contribution in [2.75, 3.05) is 13.7 Å². The normalized spacial score (nSPS) is 12.4. The van der Waals surface area contributed by atoms with Crippen LogP contribution in [0.25, 0.3) is 0 Å². The molecule has 152 valence electrons. The van der Waals surface area contributed by atoms with Gasteiger partial charge in [0.25, 0.3) is 5.91 Å². The predicted octanol–water partition coefficient (Wildman–Crippen LogP) is 4.03. The first kappa shape index (κ1) is 20.9. The van der Waals surface area contributed by atoms with Gasteiger partial charge in [0, 0.05) is 6.54 Å². The minimum Gasteiger partial charge on any atom is -0.497 e. The molecule has 0 aliphatic rings. The zero-order valence-corrected chi connectivity index (χ0v) is 16.8. The summed E-state index contributed by atoms with van der Waals surface area (Å²) < 4.78 is 50.6. The number of nitrogens with one attached hydrogen (secondary N) is 1. The third-order valence-electron chi connectivity index (χ3n) is 4.26. The SMILES string of the molecule is COc1ccc(S(=O)(=O)C(CNC(=O)c2c(F)cccc2Cl)c2ccco2)cc1. The van der Waals surface area contributed by atoms with Crippen LogP contribution in [-0.4, -0.2) is 28.0 Å². The third kappa shape index (κ3) is 4.44. The Morgan fingerprint density at radius 2 is 1.90 bits per heavy atom. The van der Waals surface area contributed by atoms with Gasteiger partial charge in [-0.3, -0.25) is 4.79 Å². The first-order valence-electron chi connectivity index (χ1n) is 8.48. The molecule has 3 rings (SSSR count). The lowest BCUT2D eigenvalue weighted by Crippen LogP contribution is -2.32. The molecular weight excluding hydrogens is 421 g/mol. The van der Waals surface area contributed by atoms with Crippen molar-refractivity contribution in [2.24, 2.45) is 0 Å². The zero-order valence-electron chi connectivity index (χ0n) is 15.3. The predicted molar refractivity (Wildman–Crippen MR) is 105 cm³/mol. The topological polar surface area (TPSA) is 85.6 Å². The van der Waals surface area contributed by atoms with E-state index in [1.165, 1.54) is 55.8 Å². The molecule has 1 heterocycles. The van der Waals surface area contributed by atoms with E-state index in [9.17, 15) is 17.6 Å². The number of methoxy groups -OCH3 is 1. The Bertz CT molecular complexity index is 1080. The van der Waals surface area contributed by atoms with Crippen LogP contribution in [0.15, 0.2) is 70.2 Å². The fourth-order valence-corrected chi connectivity index (χ4v) is 4.59. The number of carbonyl (C=O) groups is 1. The zero-order chi connectivity index (χ0) is 21.0. The summed E-state index contributed by atoms with van der Waals surface area (Å²) in [5.41, 5.74) is -0.353. The number of benzene rings is 2. The van der Waals surface area contributed by atoms with E-state index < -0.39 is 26.8 Å². The number of sulfone groups is 1. The molecule has 0 radical (unpaired) electrons. The number of ether oxygens (including phenoxy) is 1. The maximum absolute atomic E-state index is 14.0. The van der Waals surface area contributed by atoms with Crippen LogP contribution in [0.1, 0.15) is 21.4 Å². The number of furan rings is 1. The van der Waals surface area contributed by atoms with Gasteiger partial charge in [-0.05, 0) is 48.5 Å². The average Bonchev–Trinajstić information content (AvgIpc) is 3.22. The molecule has 0 bridgehead atoms. The summed E-state index contributed by atoms with van der Waals surface area (Å²) in [5, 5.41) is 1.14. The second kappa shape index (κ2) is 8.67. The summed E-state index contributed by atoms with van der Waals surface area (Å²) in [6, 6.07) is 12.7.